The first-order valence-electron chi connectivity index (χ1n) is 9.58. The second kappa shape index (κ2) is 8.20. The number of hydrogen-bond acceptors (Lipinski definition) is 4. The average Bonchev–Trinajstić information content (AvgIpc) is 2.75. The fourth-order valence-electron chi connectivity index (χ4n) is 3.23. The molecular weight excluding hydrogens is 414 g/mol. The van der Waals surface area contributed by atoms with Gasteiger partial charge in [0.15, 0.2) is 11.2 Å². The van der Waals surface area contributed by atoms with Crippen LogP contribution in [0.25, 0.3) is 22.3 Å². The molecule has 3 aromatic carbocycles. The van der Waals surface area contributed by atoms with Crippen LogP contribution in [0.3, 0.4) is 0 Å². The first kappa shape index (κ1) is 20.6. The van der Waals surface area contributed by atoms with E-state index in [0.29, 0.717) is 44.1 Å². The first-order valence-corrected chi connectivity index (χ1v) is 9.96. The number of anilines is 1. The van der Waals surface area contributed by atoms with Gasteiger partial charge in [0.05, 0.1) is 16.1 Å². The topological polar surface area (TPSA) is 76.4 Å². The van der Waals surface area contributed by atoms with Gasteiger partial charge >= 0.3 is 0 Å². The van der Waals surface area contributed by atoms with E-state index in [2.05, 4.69) is 5.32 Å². The maximum atomic E-state index is 12.6. The Morgan fingerprint density at radius 2 is 1.61 bits per heavy atom. The Labute approximate surface area is 183 Å². The van der Waals surface area contributed by atoms with E-state index in [4.69, 9.17) is 16.0 Å². The van der Waals surface area contributed by atoms with Crippen molar-refractivity contribution in [3.63, 3.8) is 0 Å². The summed E-state index contributed by atoms with van der Waals surface area (Å²) in [6.45, 7) is 3.36. The normalized spacial score (nSPS) is 10.8. The third kappa shape index (κ3) is 4.27. The van der Waals surface area contributed by atoms with Gasteiger partial charge in [-0.25, -0.2) is 0 Å². The molecule has 0 bridgehead atoms. The number of Topliss-reactive ketones (excluding diaryl/α,β-unsaturated/α-hetero) is 1. The lowest BCUT2D eigenvalue weighted by Crippen LogP contribution is -2.12. The van der Waals surface area contributed by atoms with E-state index >= 15 is 0 Å². The Morgan fingerprint density at radius 1 is 0.903 bits per heavy atom. The Bertz CT molecular complexity index is 1390. The summed E-state index contributed by atoms with van der Waals surface area (Å²) >= 11 is 6.14. The van der Waals surface area contributed by atoms with Crippen LogP contribution < -0.4 is 10.7 Å². The predicted molar refractivity (Wildman–Crippen MR) is 122 cm³/mol. The van der Waals surface area contributed by atoms with Gasteiger partial charge in [-0.15, -0.1) is 0 Å². The van der Waals surface area contributed by atoms with E-state index in [1.807, 2.05) is 13.0 Å². The number of ketones is 1. The average molecular weight is 432 g/mol. The van der Waals surface area contributed by atoms with Gasteiger partial charge < -0.3 is 9.73 Å². The Kier molecular flexibility index (Phi) is 5.44. The molecule has 4 aromatic rings. The van der Waals surface area contributed by atoms with Crippen LogP contribution in [-0.4, -0.2) is 11.7 Å². The van der Waals surface area contributed by atoms with Crippen molar-refractivity contribution in [3.8, 4) is 11.3 Å². The zero-order valence-corrected chi connectivity index (χ0v) is 17.6. The van der Waals surface area contributed by atoms with Crippen molar-refractivity contribution < 1.29 is 14.0 Å². The largest absolute Gasteiger partial charge is 0.456 e. The van der Waals surface area contributed by atoms with Gasteiger partial charge in [0.1, 0.15) is 11.3 Å². The van der Waals surface area contributed by atoms with Gasteiger partial charge in [-0.3, -0.25) is 14.4 Å². The highest BCUT2D eigenvalue weighted by Crippen LogP contribution is 2.26. The molecule has 0 aliphatic rings. The number of carbonyl (C=O) groups is 2. The van der Waals surface area contributed by atoms with Gasteiger partial charge in [-0.1, -0.05) is 35.4 Å². The minimum Gasteiger partial charge on any atom is -0.456 e. The number of hydrogen-bond donors (Lipinski definition) is 1. The Morgan fingerprint density at radius 3 is 2.32 bits per heavy atom. The highest BCUT2D eigenvalue weighted by Gasteiger charge is 2.12. The quantitative estimate of drug-likeness (QED) is 0.409. The third-order valence-corrected chi connectivity index (χ3v) is 5.26. The molecule has 0 aliphatic heterocycles. The van der Waals surface area contributed by atoms with E-state index in [1.165, 1.54) is 13.0 Å². The van der Waals surface area contributed by atoms with Crippen molar-refractivity contribution in [1.82, 2.24) is 0 Å². The monoisotopic (exact) mass is 431 g/mol. The second-order valence-electron chi connectivity index (χ2n) is 7.26. The summed E-state index contributed by atoms with van der Waals surface area (Å²) in [5.74, 6) is -0.0707. The molecule has 4 rings (SSSR count). The van der Waals surface area contributed by atoms with E-state index in [0.717, 1.165) is 5.56 Å². The van der Waals surface area contributed by atoms with Gasteiger partial charge in [0.2, 0.25) is 0 Å². The first-order chi connectivity index (χ1) is 14.8. The molecule has 0 aliphatic carbocycles. The van der Waals surface area contributed by atoms with Crippen molar-refractivity contribution in [3.05, 3.63) is 98.7 Å². The molecule has 0 unspecified atom stereocenters. The van der Waals surface area contributed by atoms with Crippen LogP contribution in [0.5, 0.6) is 0 Å². The number of halogens is 1. The third-order valence-electron chi connectivity index (χ3n) is 4.94. The van der Waals surface area contributed by atoms with Gasteiger partial charge in [-0.2, -0.15) is 0 Å². The molecule has 0 atom stereocenters. The lowest BCUT2D eigenvalue weighted by atomic mass is 10.1. The summed E-state index contributed by atoms with van der Waals surface area (Å²) in [7, 11) is 0. The minimum atomic E-state index is -0.371. The van der Waals surface area contributed by atoms with Crippen molar-refractivity contribution >= 4 is 39.9 Å². The molecule has 0 saturated carbocycles. The molecule has 1 N–H and O–H groups in total. The van der Waals surface area contributed by atoms with Crippen molar-refractivity contribution in [2.75, 3.05) is 5.32 Å². The molecule has 0 saturated heterocycles. The maximum Gasteiger partial charge on any atom is 0.255 e. The summed E-state index contributed by atoms with van der Waals surface area (Å²) in [6.07, 6.45) is 0. The van der Waals surface area contributed by atoms with Crippen LogP contribution in [-0.2, 0) is 0 Å². The number of nitrogens with one attached hydrogen (secondary N) is 1. The summed E-state index contributed by atoms with van der Waals surface area (Å²) in [5.41, 5.74) is 3.25. The molecule has 1 heterocycles. The van der Waals surface area contributed by atoms with Crippen LogP contribution in [0.15, 0.2) is 75.9 Å². The molecule has 0 fully saturated rings. The number of aryl methyl sites for hydroxylation is 1. The fraction of sp³-hybridized carbons (Fsp3) is 0.0800. The summed E-state index contributed by atoms with van der Waals surface area (Å²) < 4.78 is 5.88. The van der Waals surface area contributed by atoms with E-state index < -0.39 is 0 Å². The molecule has 0 spiro atoms. The van der Waals surface area contributed by atoms with Crippen LogP contribution >= 0.6 is 11.6 Å². The molecular formula is C25H18ClNO4. The smallest absolute Gasteiger partial charge is 0.255 e. The molecule has 31 heavy (non-hydrogen) atoms. The summed E-state index contributed by atoms with van der Waals surface area (Å²) in [4.78, 5) is 36.7. The molecule has 1 amide bonds. The zero-order valence-electron chi connectivity index (χ0n) is 16.9. The number of amides is 1. The lowest BCUT2D eigenvalue weighted by Gasteiger charge is -2.09. The molecule has 154 valence electrons. The number of carbonyl (C=O) groups excluding carboxylic acids is 2. The number of benzene rings is 3. The SMILES string of the molecule is CC(=O)c1ccc(Cl)c(NC(=O)c2ccc(-c3cc(=O)c4cc(C)ccc4o3)cc2)c1. The molecule has 1 aromatic heterocycles. The van der Waals surface area contributed by atoms with E-state index in [9.17, 15) is 14.4 Å². The lowest BCUT2D eigenvalue weighted by molar-refractivity contribution is 0.101. The predicted octanol–water partition coefficient (Wildman–Crippen LogP) is 5.88. The number of rotatable bonds is 4. The highest BCUT2D eigenvalue weighted by molar-refractivity contribution is 6.34. The van der Waals surface area contributed by atoms with Crippen molar-refractivity contribution in [2.24, 2.45) is 0 Å². The molecule has 5 nitrogen and oxygen atoms in total. The summed E-state index contributed by atoms with van der Waals surface area (Å²) in [6, 6.07) is 18.3. The Hall–Kier alpha value is -3.70. The number of fused-ring (bicyclic) bond motifs is 1. The Balaban J connectivity index is 1.60. The fourth-order valence-corrected chi connectivity index (χ4v) is 3.40. The van der Waals surface area contributed by atoms with Crippen LogP contribution in [0, 0.1) is 6.92 Å². The standard InChI is InChI=1S/C25H18ClNO4/c1-14-3-10-23-19(11-14)22(29)13-24(31-23)16-4-6-17(7-5-16)25(30)27-21-12-18(15(2)28)8-9-20(21)26/h3-13H,1-2H3,(H,27,30). The second-order valence-corrected chi connectivity index (χ2v) is 7.66. The minimum absolute atomic E-state index is 0.122. The van der Waals surface area contributed by atoms with Gasteiger partial charge in [0, 0.05) is 22.8 Å². The molecule has 0 radical (unpaired) electrons. The molecule has 6 heteroatoms. The summed E-state index contributed by atoms with van der Waals surface area (Å²) in [5, 5.41) is 3.59. The van der Waals surface area contributed by atoms with Gasteiger partial charge in [0.25, 0.3) is 5.91 Å². The van der Waals surface area contributed by atoms with Crippen molar-refractivity contribution in [2.45, 2.75) is 13.8 Å². The van der Waals surface area contributed by atoms with E-state index in [-0.39, 0.29) is 17.1 Å². The van der Waals surface area contributed by atoms with Crippen LogP contribution in [0.4, 0.5) is 5.69 Å². The van der Waals surface area contributed by atoms with E-state index in [1.54, 1.807) is 54.6 Å². The van der Waals surface area contributed by atoms with Crippen LogP contribution in [0.2, 0.25) is 5.02 Å². The van der Waals surface area contributed by atoms with Crippen molar-refractivity contribution in [1.29, 1.82) is 0 Å². The zero-order chi connectivity index (χ0) is 22.1. The maximum absolute atomic E-state index is 12.6. The van der Waals surface area contributed by atoms with Gasteiger partial charge in [-0.05, 0) is 56.3 Å². The highest BCUT2D eigenvalue weighted by atomic mass is 35.5. The van der Waals surface area contributed by atoms with Crippen LogP contribution in [0.1, 0.15) is 33.2 Å².